The number of carbonyl (C=O) groups excluding carboxylic acids is 4. The predicted octanol–water partition coefficient (Wildman–Crippen LogP) is 1.18. The third-order valence-corrected chi connectivity index (χ3v) is 3.33. The molecular weight excluding hydrogens is 336 g/mol. The van der Waals surface area contributed by atoms with Crippen LogP contribution in [0.4, 0.5) is 4.79 Å². The zero-order chi connectivity index (χ0) is 18.1. The van der Waals surface area contributed by atoms with Crippen molar-refractivity contribution in [1.29, 1.82) is 0 Å². The Bertz CT molecular complexity index is 606. The van der Waals surface area contributed by atoms with Gasteiger partial charge in [0, 0.05) is 0 Å². The second kappa shape index (κ2) is 9.67. The molecule has 0 aliphatic rings. The minimum absolute atomic E-state index is 0.0696. The van der Waals surface area contributed by atoms with Crippen LogP contribution in [0.25, 0.3) is 0 Å². The second-order valence-corrected chi connectivity index (χ2v) is 5.35. The van der Waals surface area contributed by atoms with Gasteiger partial charge in [0.1, 0.15) is 12.6 Å². The number of ether oxygens (including phenoxy) is 1. The first-order valence-corrected chi connectivity index (χ1v) is 7.79. The lowest BCUT2D eigenvalue weighted by atomic mass is 10.1. The number of ketones is 2. The topological polar surface area (TPSA) is 102 Å². The summed E-state index contributed by atoms with van der Waals surface area (Å²) in [6, 6.07) is 7.10. The van der Waals surface area contributed by atoms with Crippen molar-refractivity contribution in [3.05, 3.63) is 35.9 Å². The van der Waals surface area contributed by atoms with E-state index in [1.54, 1.807) is 12.1 Å². The van der Waals surface area contributed by atoms with Gasteiger partial charge in [-0.05, 0) is 19.4 Å². The van der Waals surface area contributed by atoms with E-state index in [2.05, 4.69) is 10.6 Å². The highest BCUT2D eigenvalue weighted by atomic mass is 35.5. The van der Waals surface area contributed by atoms with E-state index in [0.717, 1.165) is 5.56 Å². The second-order valence-electron chi connectivity index (χ2n) is 5.08. The molecule has 0 aromatic heterocycles. The number of alkyl halides is 1. The average molecular weight is 355 g/mol. The van der Waals surface area contributed by atoms with Crippen LogP contribution in [0.1, 0.15) is 19.4 Å². The average Bonchev–Trinajstić information content (AvgIpc) is 2.59. The number of nitrogens with one attached hydrogen (secondary N) is 2. The molecule has 0 aliphatic heterocycles. The number of halogens is 1. The highest BCUT2D eigenvalue weighted by Crippen LogP contribution is 2.01. The number of hydrogen-bond donors (Lipinski definition) is 2. The fraction of sp³-hybridized carbons (Fsp3) is 0.375. The van der Waals surface area contributed by atoms with Crippen LogP contribution >= 0.6 is 11.6 Å². The molecule has 0 heterocycles. The predicted molar refractivity (Wildman–Crippen MR) is 87.6 cm³/mol. The van der Waals surface area contributed by atoms with Crippen molar-refractivity contribution in [2.24, 2.45) is 0 Å². The van der Waals surface area contributed by atoms with Crippen molar-refractivity contribution in [1.82, 2.24) is 10.6 Å². The van der Waals surface area contributed by atoms with E-state index >= 15 is 0 Å². The van der Waals surface area contributed by atoms with Gasteiger partial charge >= 0.3 is 6.09 Å². The van der Waals surface area contributed by atoms with Gasteiger partial charge in [-0.25, -0.2) is 4.79 Å². The monoisotopic (exact) mass is 354 g/mol. The fourth-order valence-electron chi connectivity index (χ4n) is 1.72. The summed E-state index contributed by atoms with van der Waals surface area (Å²) >= 11 is 5.29. The van der Waals surface area contributed by atoms with Crippen molar-refractivity contribution in [2.75, 3.05) is 5.88 Å². The number of carbonyl (C=O) groups is 4. The molecule has 0 bridgehead atoms. The van der Waals surface area contributed by atoms with Gasteiger partial charge in [0.25, 0.3) is 0 Å². The molecule has 7 nitrogen and oxygen atoms in total. The molecule has 2 amide bonds. The SMILES string of the molecule is CC(NC(=O)OCc1ccccc1)C(=O)NC(C)C(=O)C(=O)CCl. The zero-order valence-corrected chi connectivity index (χ0v) is 14.1. The fourth-order valence-corrected chi connectivity index (χ4v) is 1.85. The Morgan fingerprint density at radius 3 is 2.25 bits per heavy atom. The number of rotatable bonds is 8. The van der Waals surface area contributed by atoms with E-state index in [1.807, 2.05) is 18.2 Å². The van der Waals surface area contributed by atoms with Crippen molar-refractivity contribution in [3.63, 3.8) is 0 Å². The maximum atomic E-state index is 11.9. The highest BCUT2D eigenvalue weighted by Gasteiger charge is 2.24. The summed E-state index contributed by atoms with van der Waals surface area (Å²) in [7, 11) is 0. The van der Waals surface area contributed by atoms with Crippen LogP contribution in [-0.4, -0.2) is 41.5 Å². The van der Waals surface area contributed by atoms with Gasteiger partial charge in [0.15, 0.2) is 0 Å². The lowest BCUT2D eigenvalue weighted by Crippen LogP contribution is -2.50. The molecule has 1 rings (SSSR count). The summed E-state index contributed by atoms with van der Waals surface area (Å²) in [5.74, 6) is -2.64. The van der Waals surface area contributed by atoms with Gasteiger partial charge in [-0.1, -0.05) is 30.3 Å². The smallest absolute Gasteiger partial charge is 0.408 e. The number of alkyl carbamates (subject to hydrolysis) is 1. The van der Waals surface area contributed by atoms with E-state index in [4.69, 9.17) is 16.3 Å². The van der Waals surface area contributed by atoms with E-state index in [-0.39, 0.29) is 6.61 Å². The first-order chi connectivity index (χ1) is 11.3. The summed E-state index contributed by atoms with van der Waals surface area (Å²) in [4.78, 5) is 46.3. The Morgan fingerprint density at radius 2 is 1.67 bits per heavy atom. The molecule has 8 heteroatoms. The van der Waals surface area contributed by atoms with Crippen LogP contribution < -0.4 is 10.6 Å². The summed E-state index contributed by atoms with van der Waals surface area (Å²) < 4.78 is 4.99. The van der Waals surface area contributed by atoms with Crippen molar-refractivity contribution in [2.45, 2.75) is 32.5 Å². The van der Waals surface area contributed by atoms with Crippen LogP contribution in [0.2, 0.25) is 0 Å². The van der Waals surface area contributed by atoms with Crippen LogP contribution in [0.15, 0.2) is 30.3 Å². The summed E-state index contributed by atoms with van der Waals surface area (Å²) in [6.07, 6.45) is -0.766. The largest absolute Gasteiger partial charge is 0.445 e. The Labute approximate surface area is 144 Å². The van der Waals surface area contributed by atoms with Gasteiger partial charge < -0.3 is 15.4 Å². The standard InChI is InChI=1S/C16H19ClN2O5/c1-10(14(21)13(20)8-17)18-15(22)11(2)19-16(23)24-9-12-6-4-3-5-7-12/h3-7,10-11H,8-9H2,1-2H3,(H,18,22)(H,19,23). The van der Waals surface area contributed by atoms with Crippen LogP contribution in [0.3, 0.4) is 0 Å². The van der Waals surface area contributed by atoms with Crippen LogP contribution in [0.5, 0.6) is 0 Å². The van der Waals surface area contributed by atoms with Crippen molar-refractivity contribution >= 4 is 35.2 Å². The Morgan fingerprint density at radius 1 is 1.04 bits per heavy atom. The van der Waals surface area contributed by atoms with Crippen molar-refractivity contribution < 1.29 is 23.9 Å². The molecule has 130 valence electrons. The first kappa shape index (κ1) is 19.6. The van der Waals surface area contributed by atoms with Crippen LogP contribution in [0, 0.1) is 0 Å². The number of Topliss-reactive ketones (excluding diaryl/α,β-unsaturated/α-hetero) is 2. The van der Waals surface area contributed by atoms with Crippen LogP contribution in [-0.2, 0) is 25.7 Å². The number of amides is 2. The summed E-state index contributed by atoms with van der Waals surface area (Å²) in [6.45, 7) is 2.87. The molecule has 0 saturated carbocycles. The van der Waals surface area contributed by atoms with E-state index in [0.29, 0.717) is 0 Å². The van der Waals surface area contributed by atoms with Gasteiger partial charge in [-0.2, -0.15) is 0 Å². The maximum Gasteiger partial charge on any atom is 0.408 e. The summed E-state index contributed by atoms with van der Waals surface area (Å²) in [5.41, 5.74) is 0.809. The molecule has 1 aromatic rings. The molecule has 0 spiro atoms. The zero-order valence-electron chi connectivity index (χ0n) is 13.4. The molecule has 2 atom stereocenters. The molecule has 0 radical (unpaired) electrons. The lowest BCUT2D eigenvalue weighted by molar-refractivity contribution is -0.137. The highest BCUT2D eigenvalue weighted by molar-refractivity contribution is 6.48. The van der Waals surface area contributed by atoms with E-state index in [9.17, 15) is 19.2 Å². The number of hydrogen-bond acceptors (Lipinski definition) is 5. The summed E-state index contributed by atoms with van der Waals surface area (Å²) in [5, 5.41) is 4.68. The third-order valence-electron chi connectivity index (χ3n) is 3.09. The van der Waals surface area contributed by atoms with Gasteiger partial charge in [-0.3, -0.25) is 14.4 Å². The quantitative estimate of drug-likeness (QED) is 0.539. The van der Waals surface area contributed by atoms with Gasteiger partial charge in [0.05, 0.1) is 11.9 Å². The molecule has 24 heavy (non-hydrogen) atoms. The first-order valence-electron chi connectivity index (χ1n) is 7.25. The molecular formula is C16H19ClN2O5. The molecule has 2 unspecified atom stereocenters. The van der Waals surface area contributed by atoms with E-state index in [1.165, 1.54) is 13.8 Å². The normalized spacial score (nSPS) is 12.6. The van der Waals surface area contributed by atoms with Gasteiger partial charge in [0.2, 0.25) is 17.5 Å². The lowest BCUT2D eigenvalue weighted by Gasteiger charge is -2.17. The Kier molecular flexibility index (Phi) is 7.91. The molecule has 0 saturated heterocycles. The Hall–Kier alpha value is -2.41. The van der Waals surface area contributed by atoms with Crippen molar-refractivity contribution in [3.8, 4) is 0 Å². The minimum atomic E-state index is -1.02. The maximum absolute atomic E-state index is 11.9. The van der Waals surface area contributed by atoms with Gasteiger partial charge in [-0.15, -0.1) is 11.6 Å². The van der Waals surface area contributed by atoms with E-state index < -0.39 is 41.5 Å². The minimum Gasteiger partial charge on any atom is -0.445 e. The molecule has 1 aromatic carbocycles. The molecule has 0 aliphatic carbocycles. The molecule has 2 N–H and O–H groups in total. The third kappa shape index (κ3) is 6.37. The Balaban J connectivity index is 2.41. The number of benzene rings is 1. The molecule has 0 fully saturated rings.